The summed E-state index contributed by atoms with van der Waals surface area (Å²) in [4.78, 5) is 16.0. The van der Waals surface area contributed by atoms with Crippen molar-refractivity contribution in [3.8, 4) is 0 Å². The van der Waals surface area contributed by atoms with Crippen LogP contribution in [0.4, 0.5) is 11.4 Å². The fourth-order valence-electron chi connectivity index (χ4n) is 1.65. The van der Waals surface area contributed by atoms with E-state index in [0.29, 0.717) is 5.69 Å². The van der Waals surface area contributed by atoms with Crippen molar-refractivity contribution < 1.29 is 9.37 Å². The molecule has 1 aromatic carbocycles. The molecule has 0 aliphatic rings. The number of carbonyl (C=O) groups excluding carboxylic acids is 1. The molecular weight excluding hydrogens is 264 g/mol. The smallest absolute Gasteiger partial charge is 0.274 e. The van der Waals surface area contributed by atoms with Crippen molar-refractivity contribution in [2.75, 3.05) is 24.7 Å². The molecule has 2 aromatic rings. The van der Waals surface area contributed by atoms with E-state index in [0.717, 1.165) is 17.2 Å². The summed E-state index contributed by atoms with van der Waals surface area (Å²) < 4.78 is 2.00. The zero-order valence-electron chi connectivity index (χ0n) is 12.4. The first-order valence-electron chi connectivity index (χ1n) is 6.66. The van der Waals surface area contributed by atoms with Gasteiger partial charge in [0.1, 0.15) is 11.4 Å². The molecule has 0 saturated carbocycles. The van der Waals surface area contributed by atoms with Crippen LogP contribution in [0.2, 0.25) is 0 Å². The monoisotopic (exact) mass is 283 g/mol. The summed E-state index contributed by atoms with van der Waals surface area (Å²) >= 11 is 0. The Morgan fingerprint density at radius 2 is 1.62 bits per heavy atom. The topological polar surface area (TPSA) is 57.0 Å². The average molecular weight is 283 g/mol. The van der Waals surface area contributed by atoms with E-state index in [9.17, 15) is 4.79 Å². The van der Waals surface area contributed by atoms with Gasteiger partial charge in [-0.05, 0) is 36.4 Å². The Kier molecular flexibility index (Phi) is 4.66. The van der Waals surface area contributed by atoms with Gasteiger partial charge in [0.05, 0.1) is 14.1 Å². The quantitative estimate of drug-likeness (QED) is 0.517. The van der Waals surface area contributed by atoms with Crippen LogP contribution in [0.3, 0.4) is 0 Å². The van der Waals surface area contributed by atoms with Crippen LogP contribution < -0.4 is 10.6 Å². The van der Waals surface area contributed by atoms with Crippen LogP contribution in [0.5, 0.6) is 0 Å². The highest BCUT2D eigenvalue weighted by Gasteiger charge is 2.07. The highest BCUT2D eigenvalue weighted by atomic mass is 16.1. The van der Waals surface area contributed by atoms with E-state index in [1.54, 1.807) is 24.4 Å². The highest BCUT2D eigenvalue weighted by Crippen LogP contribution is 2.14. The van der Waals surface area contributed by atoms with Gasteiger partial charge in [0, 0.05) is 18.8 Å². The first-order valence-corrected chi connectivity index (χ1v) is 6.66. The van der Waals surface area contributed by atoms with E-state index in [-0.39, 0.29) is 5.91 Å². The molecule has 2 rings (SSSR count). The summed E-state index contributed by atoms with van der Waals surface area (Å²) in [6, 6.07) is 12.8. The molecule has 0 unspecified atom stereocenters. The summed E-state index contributed by atoms with van der Waals surface area (Å²) in [6.45, 7) is 2.00. The molecule has 0 atom stereocenters. The number of hydrogen-bond acceptors (Lipinski definition) is 2. The lowest BCUT2D eigenvalue weighted by atomic mass is 10.2. The van der Waals surface area contributed by atoms with Crippen LogP contribution in [0, 0.1) is 0 Å². The lowest BCUT2D eigenvalue weighted by Gasteiger charge is -2.06. The van der Waals surface area contributed by atoms with E-state index < -0.39 is 0 Å². The first kappa shape index (κ1) is 14.7. The Morgan fingerprint density at radius 3 is 2.14 bits per heavy atom. The molecule has 1 amide bonds. The lowest BCUT2D eigenvalue weighted by molar-refractivity contribution is -0.464. The number of amides is 1. The van der Waals surface area contributed by atoms with Crippen molar-refractivity contribution >= 4 is 23.1 Å². The predicted molar refractivity (Wildman–Crippen MR) is 85.0 cm³/mol. The molecule has 0 spiro atoms. The van der Waals surface area contributed by atoms with Crippen LogP contribution in [0.1, 0.15) is 17.4 Å². The number of rotatable bonds is 3. The molecule has 0 radical (unpaired) electrons. The van der Waals surface area contributed by atoms with Gasteiger partial charge in [-0.15, -0.1) is 0 Å². The number of pyridine rings is 1. The van der Waals surface area contributed by atoms with Crippen molar-refractivity contribution in [3.63, 3.8) is 0 Å². The van der Waals surface area contributed by atoms with E-state index in [4.69, 9.17) is 0 Å². The van der Waals surface area contributed by atoms with Gasteiger partial charge < -0.3 is 5.32 Å². The standard InChI is InChI=1S/C16H18N4O/c1-12(20(2)3)18-13-7-9-14(10-8-13)19-16(21)15-6-4-5-11-17-15/h4-11H,1-3H3,(H,19,21)/p+1. The minimum atomic E-state index is -0.215. The third-order valence-corrected chi connectivity index (χ3v) is 3.04. The molecule has 108 valence electrons. The molecule has 21 heavy (non-hydrogen) atoms. The van der Waals surface area contributed by atoms with Crippen molar-refractivity contribution in [3.05, 3.63) is 54.4 Å². The molecule has 5 heteroatoms. The van der Waals surface area contributed by atoms with Gasteiger partial charge in [-0.25, -0.2) is 5.32 Å². The third kappa shape index (κ3) is 4.14. The Hall–Kier alpha value is -2.69. The normalized spacial score (nSPS) is 9.86. The predicted octanol–water partition coefficient (Wildman–Crippen LogP) is 2.44. The number of anilines is 2. The van der Waals surface area contributed by atoms with Gasteiger partial charge in [0.15, 0.2) is 0 Å². The maximum atomic E-state index is 12.0. The van der Waals surface area contributed by atoms with E-state index in [1.165, 1.54) is 0 Å². The van der Waals surface area contributed by atoms with E-state index >= 15 is 0 Å². The molecule has 0 bridgehead atoms. The fourth-order valence-corrected chi connectivity index (χ4v) is 1.65. The number of nitrogens with zero attached hydrogens (tertiary/aromatic N) is 2. The van der Waals surface area contributed by atoms with Crippen molar-refractivity contribution in [1.82, 2.24) is 4.98 Å². The molecule has 0 fully saturated rings. The average Bonchev–Trinajstić information content (AvgIpc) is 2.50. The SMILES string of the molecule is CC(Nc1ccc(NC(=O)c2ccccn2)cc1)=[N+](C)C. The van der Waals surface area contributed by atoms with Gasteiger partial charge >= 0.3 is 0 Å². The number of hydrogen-bond donors (Lipinski definition) is 2. The van der Waals surface area contributed by atoms with Crippen LogP contribution in [0.15, 0.2) is 48.7 Å². The molecule has 1 aromatic heterocycles. The van der Waals surface area contributed by atoms with E-state index in [1.807, 2.05) is 49.9 Å². The van der Waals surface area contributed by atoms with Crippen molar-refractivity contribution in [1.29, 1.82) is 0 Å². The number of aromatic nitrogens is 1. The van der Waals surface area contributed by atoms with Crippen molar-refractivity contribution in [2.45, 2.75) is 6.92 Å². The Balaban J connectivity index is 2.03. The van der Waals surface area contributed by atoms with Gasteiger partial charge in [-0.3, -0.25) is 14.4 Å². The molecule has 0 aliphatic heterocycles. The van der Waals surface area contributed by atoms with E-state index in [2.05, 4.69) is 15.6 Å². The van der Waals surface area contributed by atoms with Gasteiger partial charge in [-0.2, -0.15) is 0 Å². The van der Waals surface area contributed by atoms with Gasteiger partial charge in [0.25, 0.3) is 5.91 Å². The number of benzene rings is 1. The maximum Gasteiger partial charge on any atom is 0.274 e. The van der Waals surface area contributed by atoms with Crippen LogP contribution in [0.25, 0.3) is 0 Å². The molecule has 5 nitrogen and oxygen atoms in total. The highest BCUT2D eigenvalue weighted by molar-refractivity contribution is 6.03. The lowest BCUT2D eigenvalue weighted by Crippen LogP contribution is -2.18. The fraction of sp³-hybridized carbons (Fsp3) is 0.188. The van der Waals surface area contributed by atoms with Crippen LogP contribution >= 0.6 is 0 Å². The van der Waals surface area contributed by atoms with Crippen molar-refractivity contribution in [2.24, 2.45) is 0 Å². The molecule has 0 aliphatic carbocycles. The Morgan fingerprint density at radius 1 is 1.00 bits per heavy atom. The number of carbonyl (C=O) groups is 1. The minimum absolute atomic E-state index is 0.215. The number of amidine groups is 1. The second-order valence-corrected chi connectivity index (χ2v) is 4.85. The summed E-state index contributed by atoms with van der Waals surface area (Å²) in [5, 5.41) is 6.09. The summed E-state index contributed by atoms with van der Waals surface area (Å²) in [7, 11) is 3.95. The number of nitrogens with one attached hydrogen (secondary N) is 2. The first-order chi connectivity index (χ1) is 10.1. The Labute approximate surface area is 124 Å². The zero-order chi connectivity index (χ0) is 15.2. The van der Waals surface area contributed by atoms with Gasteiger partial charge in [0.2, 0.25) is 5.84 Å². The molecular formula is C16H19N4O+. The zero-order valence-corrected chi connectivity index (χ0v) is 12.4. The summed E-state index contributed by atoms with van der Waals surface area (Å²) in [6.07, 6.45) is 1.60. The molecule has 0 saturated heterocycles. The van der Waals surface area contributed by atoms with Crippen LogP contribution in [-0.4, -0.2) is 35.4 Å². The third-order valence-electron chi connectivity index (χ3n) is 3.04. The molecule has 1 heterocycles. The largest absolute Gasteiger partial charge is 0.321 e. The molecule has 2 N–H and O–H groups in total. The Bertz CT molecular complexity index is 644. The van der Waals surface area contributed by atoms with Crippen LogP contribution in [-0.2, 0) is 0 Å². The second kappa shape index (κ2) is 6.65. The second-order valence-electron chi connectivity index (χ2n) is 4.85. The summed E-state index contributed by atoms with van der Waals surface area (Å²) in [5.74, 6) is 0.826. The minimum Gasteiger partial charge on any atom is -0.321 e. The maximum absolute atomic E-state index is 12.0. The summed E-state index contributed by atoms with van der Waals surface area (Å²) in [5.41, 5.74) is 2.10. The van der Waals surface area contributed by atoms with Gasteiger partial charge in [-0.1, -0.05) is 6.07 Å².